The van der Waals surface area contributed by atoms with Crippen LogP contribution >= 0.6 is 0 Å². The zero-order chi connectivity index (χ0) is 16.1. The average molecular weight is 308 g/mol. The van der Waals surface area contributed by atoms with Gasteiger partial charge in [0.1, 0.15) is 36.6 Å². The highest BCUT2D eigenvalue weighted by Crippen LogP contribution is 2.43. The zero-order valence-electron chi connectivity index (χ0n) is 11.2. The summed E-state index contributed by atoms with van der Waals surface area (Å²) in [6, 6.07) is 1.52. The molecule has 116 valence electrons. The molecule has 5 N–H and O–H groups in total. The van der Waals surface area contributed by atoms with Gasteiger partial charge in [-0.25, -0.2) is 14.4 Å². The Morgan fingerprint density at radius 2 is 2.18 bits per heavy atom. The van der Waals surface area contributed by atoms with Crippen LogP contribution in [0.2, 0.25) is 0 Å². The van der Waals surface area contributed by atoms with Crippen LogP contribution in [-0.4, -0.2) is 54.5 Å². The lowest BCUT2D eigenvalue weighted by Crippen LogP contribution is -2.44. The molecule has 4 atom stereocenters. The number of ether oxygens (including phenoxy) is 1. The number of aliphatic hydroxyl groups is 3. The molecule has 0 spiro atoms. The van der Waals surface area contributed by atoms with Gasteiger partial charge in [-0.15, -0.1) is 6.42 Å². The van der Waals surface area contributed by atoms with E-state index in [1.165, 1.54) is 23.2 Å². The molecule has 22 heavy (non-hydrogen) atoms. The molecule has 1 saturated heterocycles. The molecular formula is C13H13FN4O4. The van der Waals surface area contributed by atoms with E-state index in [-0.39, 0.29) is 11.5 Å². The maximum Gasteiger partial charge on any atom is 0.264 e. The molecule has 1 aliphatic heterocycles. The molecule has 3 rings (SSSR count). The number of aromatic nitrogens is 3. The number of nitrogens with zero attached hydrogens (tertiary/aromatic N) is 3. The van der Waals surface area contributed by atoms with Crippen LogP contribution in [0.3, 0.4) is 0 Å². The van der Waals surface area contributed by atoms with Crippen molar-refractivity contribution in [2.75, 3.05) is 12.3 Å². The highest BCUT2D eigenvalue weighted by Gasteiger charge is 2.64. The Kier molecular flexibility index (Phi) is 3.08. The Hall–Kier alpha value is -2.25. The number of aliphatic hydroxyl groups excluding tert-OH is 3. The van der Waals surface area contributed by atoms with E-state index in [0.717, 1.165) is 0 Å². The molecule has 2 aromatic rings. The number of nitrogens with two attached hydrogens (primary N) is 1. The Bertz CT molecular complexity index is 775. The largest absolute Gasteiger partial charge is 0.390 e. The summed E-state index contributed by atoms with van der Waals surface area (Å²) < 4.78 is 20.6. The van der Waals surface area contributed by atoms with Crippen molar-refractivity contribution in [2.45, 2.75) is 23.8 Å². The van der Waals surface area contributed by atoms with Gasteiger partial charge in [-0.3, -0.25) is 4.57 Å². The van der Waals surface area contributed by atoms with Gasteiger partial charge in [0.25, 0.3) is 5.85 Å². The van der Waals surface area contributed by atoms with Gasteiger partial charge in [0.2, 0.25) is 5.72 Å². The molecule has 2 aromatic heterocycles. The number of halogens is 1. The Balaban J connectivity index is 2.23. The van der Waals surface area contributed by atoms with E-state index in [2.05, 4.69) is 15.9 Å². The molecule has 1 fully saturated rings. The lowest BCUT2D eigenvalue weighted by atomic mass is 10.0. The normalized spacial score (nSPS) is 34.9. The summed E-state index contributed by atoms with van der Waals surface area (Å²) in [7, 11) is 0. The molecular weight excluding hydrogens is 295 g/mol. The quantitative estimate of drug-likeness (QED) is 0.508. The van der Waals surface area contributed by atoms with Crippen molar-refractivity contribution in [1.29, 1.82) is 0 Å². The highest BCUT2D eigenvalue weighted by molar-refractivity contribution is 5.86. The summed E-state index contributed by atoms with van der Waals surface area (Å²) in [6.45, 7) is -1.18. The highest BCUT2D eigenvalue weighted by atomic mass is 19.2. The third-order valence-electron chi connectivity index (χ3n) is 3.76. The number of hydrogen-bond acceptors (Lipinski definition) is 7. The van der Waals surface area contributed by atoms with Crippen molar-refractivity contribution >= 4 is 16.9 Å². The Morgan fingerprint density at radius 1 is 1.45 bits per heavy atom. The van der Waals surface area contributed by atoms with E-state index in [0.29, 0.717) is 5.39 Å². The van der Waals surface area contributed by atoms with Crippen LogP contribution in [0.5, 0.6) is 0 Å². The van der Waals surface area contributed by atoms with Crippen LogP contribution in [0.15, 0.2) is 18.6 Å². The second-order valence-corrected chi connectivity index (χ2v) is 4.96. The molecule has 8 nitrogen and oxygen atoms in total. The lowest BCUT2D eigenvalue weighted by molar-refractivity contribution is -0.225. The molecule has 0 radical (unpaired) electrons. The number of hydrogen-bond donors (Lipinski definition) is 4. The maximum atomic E-state index is 14.4. The minimum atomic E-state index is -2.90. The van der Waals surface area contributed by atoms with Gasteiger partial charge in [-0.2, -0.15) is 0 Å². The molecule has 0 unspecified atom stereocenters. The topological polar surface area (TPSA) is 127 Å². The predicted octanol–water partition coefficient (Wildman–Crippen LogP) is -1.29. The average Bonchev–Trinajstić information content (AvgIpc) is 3.03. The van der Waals surface area contributed by atoms with Crippen molar-refractivity contribution < 1.29 is 24.4 Å². The van der Waals surface area contributed by atoms with E-state index in [4.69, 9.17) is 22.0 Å². The van der Waals surface area contributed by atoms with Crippen LogP contribution in [0, 0.1) is 12.3 Å². The first-order valence-electron chi connectivity index (χ1n) is 6.31. The molecule has 0 saturated carbocycles. The Morgan fingerprint density at radius 3 is 2.77 bits per heavy atom. The molecule has 0 aromatic carbocycles. The fraction of sp³-hybridized carbons (Fsp3) is 0.385. The van der Waals surface area contributed by atoms with Gasteiger partial charge >= 0.3 is 0 Å². The van der Waals surface area contributed by atoms with Crippen LogP contribution in [-0.2, 0) is 10.5 Å². The number of fused-ring (bicyclic) bond motifs is 1. The summed E-state index contributed by atoms with van der Waals surface area (Å²) in [6.07, 6.45) is 4.11. The fourth-order valence-electron chi connectivity index (χ4n) is 2.57. The van der Waals surface area contributed by atoms with Crippen molar-refractivity contribution in [3.63, 3.8) is 0 Å². The van der Waals surface area contributed by atoms with Gasteiger partial charge < -0.3 is 25.8 Å². The van der Waals surface area contributed by atoms with E-state index >= 15 is 0 Å². The van der Waals surface area contributed by atoms with Crippen molar-refractivity contribution in [3.8, 4) is 12.3 Å². The molecule has 0 aliphatic carbocycles. The SMILES string of the molecule is C#C[C@@]1(n2ccc3c(N)ncnc32)O[C@](F)(CO)[C@@H](O)[C@H]1O. The Labute approximate surface area is 124 Å². The van der Waals surface area contributed by atoms with E-state index in [9.17, 15) is 14.6 Å². The molecule has 3 heterocycles. The summed E-state index contributed by atoms with van der Waals surface area (Å²) in [5.74, 6) is -0.598. The third kappa shape index (κ3) is 1.66. The summed E-state index contributed by atoms with van der Waals surface area (Å²) in [5.41, 5.74) is 3.82. The number of nitrogen functional groups attached to an aromatic ring is 1. The molecule has 1 aliphatic rings. The maximum absolute atomic E-state index is 14.4. The zero-order valence-corrected chi connectivity index (χ0v) is 11.2. The lowest BCUT2D eigenvalue weighted by Gasteiger charge is -2.28. The van der Waals surface area contributed by atoms with Crippen molar-refractivity contribution in [3.05, 3.63) is 18.6 Å². The first-order chi connectivity index (χ1) is 10.4. The monoisotopic (exact) mass is 308 g/mol. The minimum absolute atomic E-state index is 0.164. The van der Waals surface area contributed by atoms with Crippen LogP contribution in [0.4, 0.5) is 10.2 Å². The number of rotatable bonds is 2. The smallest absolute Gasteiger partial charge is 0.264 e. The van der Waals surface area contributed by atoms with Gasteiger partial charge in [-0.1, -0.05) is 0 Å². The van der Waals surface area contributed by atoms with Gasteiger partial charge in [0, 0.05) is 6.20 Å². The second-order valence-electron chi connectivity index (χ2n) is 4.96. The van der Waals surface area contributed by atoms with Gasteiger partial charge in [-0.05, 0) is 12.0 Å². The minimum Gasteiger partial charge on any atom is -0.390 e. The second kappa shape index (κ2) is 4.62. The molecule has 0 amide bonds. The standard InChI is InChI=1S/C13H13FN4O4/c1-2-13(9(21)8(20)12(14,5-19)22-13)18-4-3-7-10(15)16-6-17-11(7)18/h1,3-4,6,8-9,19-21H,5H2,(H2,15,16,17)/t8-,9+,12+,13+/m0/s1. The predicted molar refractivity (Wildman–Crippen MR) is 72.8 cm³/mol. The number of anilines is 1. The van der Waals surface area contributed by atoms with Gasteiger partial charge in [0.15, 0.2) is 0 Å². The molecule has 0 bridgehead atoms. The fourth-order valence-corrected chi connectivity index (χ4v) is 2.57. The van der Waals surface area contributed by atoms with E-state index in [1.54, 1.807) is 0 Å². The summed E-state index contributed by atoms with van der Waals surface area (Å²) in [5, 5.41) is 29.6. The van der Waals surface area contributed by atoms with Crippen molar-refractivity contribution in [1.82, 2.24) is 14.5 Å². The van der Waals surface area contributed by atoms with Crippen molar-refractivity contribution in [2.24, 2.45) is 0 Å². The summed E-state index contributed by atoms with van der Waals surface area (Å²) in [4.78, 5) is 7.80. The van der Waals surface area contributed by atoms with Crippen LogP contribution in [0.25, 0.3) is 11.0 Å². The van der Waals surface area contributed by atoms with E-state index in [1.807, 2.05) is 0 Å². The van der Waals surface area contributed by atoms with Gasteiger partial charge in [0.05, 0.1) is 5.39 Å². The number of terminal acetylenes is 1. The first-order valence-corrected chi connectivity index (χ1v) is 6.31. The van der Waals surface area contributed by atoms with E-state index < -0.39 is 30.4 Å². The summed E-state index contributed by atoms with van der Waals surface area (Å²) >= 11 is 0. The molecule has 9 heteroatoms. The van der Waals surface area contributed by atoms with Crippen LogP contribution < -0.4 is 5.73 Å². The first kappa shape index (κ1) is 14.7. The van der Waals surface area contributed by atoms with Crippen LogP contribution in [0.1, 0.15) is 0 Å². The number of alkyl halides is 1. The third-order valence-corrected chi connectivity index (χ3v) is 3.76.